The molecule has 0 amide bonds. The van der Waals surface area contributed by atoms with Crippen molar-refractivity contribution in [2.24, 2.45) is 13.0 Å². The Kier molecular flexibility index (Phi) is 5.01. The fraction of sp³-hybridized carbons (Fsp3) is 0.529. The number of benzene rings is 1. The predicted octanol–water partition coefficient (Wildman–Crippen LogP) is 1.65. The molecule has 1 fully saturated rings. The van der Waals surface area contributed by atoms with Crippen LogP contribution in [0.15, 0.2) is 18.2 Å². The summed E-state index contributed by atoms with van der Waals surface area (Å²) in [6, 6.07) is 5.03. The van der Waals surface area contributed by atoms with E-state index in [2.05, 4.69) is 15.2 Å². The second-order valence-corrected chi connectivity index (χ2v) is 6.33. The van der Waals surface area contributed by atoms with Gasteiger partial charge in [0.1, 0.15) is 0 Å². The molecule has 2 N–H and O–H groups in total. The smallest absolute Gasteiger partial charge is 0.335 e. The molecular formula is C17H24N4O3. The van der Waals surface area contributed by atoms with Crippen molar-refractivity contribution in [1.29, 1.82) is 0 Å². The summed E-state index contributed by atoms with van der Waals surface area (Å²) in [7, 11) is 3.67. The van der Waals surface area contributed by atoms with Gasteiger partial charge in [-0.2, -0.15) is 0 Å². The number of ether oxygens (including phenoxy) is 1. The molecule has 24 heavy (non-hydrogen) atoms. The van der Waals surface area contributed by atoms with E-state index in [9.17, 15) is 4.79 Å². The second-order valence-electron chi connectivity index (χ2n) is 6.33. The van der Waals surface area contributed by atoms with Crippen molar-refractivity contribution in [2.45, 2.75) is 6.42 Å². The van der Waals surface area contributed by atoms with E-state index < -0.39 is 5.97 Å². The number of carbonyl (C=O) groups is 1. The normalized spacial score (nSPS) is 18.3. The summed E-state index contributed by atoms with van der Waals surface area (Å²) >= 11 is 0. The number of aryl methyl sites for hydroxylation is 1. The molecule has 130 valence electrons. The maximum absolute atomic E-state index is 11.1. The Morgan fingerprint density at radius 3 is 3.08 bits per heavy atom. The highest BCUT2D eigenvalue weighted by Crippen LogP contribution is 2.21. The van der Waals surface area contributed by atoms with Gasteiger partial charge < -0.3 is 24.6 Å². The lowest BCUT2D eigenvalue weighted by molar-refractivity contribution is 0.0697. The molecule has 1 aromatic heterocycles. The number of likely N-dealkylation sites (tertiary alicyclic amines) is 1. The van der Waals surface area contributed by atoms with Crippen molar-refractivity contribution in [3.05, 3.63) is 23.8 Å². The van der Waals surface area contributed by atoms with Gasteiger partial charge in [-0.05, 0) is 37.1 Å². The third-order valence-electron chi connectivity index (χ3n) is 4.66. The van der Waals surface area contributed by atoms with E-state index >= 15 is 0 Å². The van der Waals surface area contributed by atoms with Crippen LogP contribution in [0.3, 0.4) is 0 Å². The molecule has 0 aliphatic carbocycles. The highest BCUT2D eigenvalue weighted by Gasteiger charge is 2.22. The van der Waals surface area contributed by atoms with Crippen molar-refractivity contribution < 1.29 is 14.6 Å². The van der Waals surface area contributed by atoms with Crippen LogP contribution in [0.1, 0.15) is 16.8 Å². The molecule has 1 atom stereocenters. The van der Waals surface area contributed by atoms with Crippen LogP contribution < -0.4 is 5.32 Å². The highest BCUT2D eigenvalue weighted by molar-refractivity contribution is 5.93. The van der Waals surface area contributed by atoms with Crippen LogP contribution in [0.2, 0.25) is 0 Å². The van der Waals surface area contributed by atoms with E-state index in [1.54, 1.807) is 25.3 Å². The Morgan fingerprint density at radius 2 is 2.33 bits per heavy atom. The number of fused-ring (bicyclic) bond motifs is 1. The van der Waals surface area contributed by atoms with Crippen LogP contribution in [0.4, 0.5) is 5.95 Å². The Labute approximate surface area is 141 Å². The first-order chi connectivity index (χ1) is 11.6. The number of methoxy groups -OCH3 is 1. The molecule has 1 unspecified atom stereocenters. The molecule has 0 radical (unpaired) electrons. The monoisotopic (exact) mass is 332 g/mol. The molecule has 3 rings (SSSR count). The minimum Gasteiger partial charge on any atom is -0.478 e. The number of rotatable bonds is 7. The molecule has 1 aliphatic rings. The van der Waals surface area contributed by atoms with Crippen molar-refractivity contribution >= 4 is 23.0 Å². The molecule has 2 aromatic rings. The van der Waals surface area contributed by atoms with Gasteiger partial charge in [-0.3, -0.25) is 0 Å². The van der Waals surface area contributed by atoms with E-state index in [1.807, 2.05) is 11.6 Å². The summed E-state index contributed by atoms with van der Waals surface area (Å²) in [4.78, 5) is 18.0. The van der Waals surface area contributed by atoms with Crippen LogP contribution in [0, 0.1) is 5.92 Å². The quantitative estimate of drug-likeness (QED) is 0.803. The first kappa shape index (κ1) is 16.7. The second kappa shape index (κ2) is 7.19. The van der Waals surface area contributed by atoms with Crippen molar-refractivity contribution in [1.82, 2.24) is 14.5 Å². The molecule has 7 heteroatoms. The van der Waals surface area contributed by atoms with Crippen LogP contribution in [-0.4, -0.2) is 65.4 Å². The van der Waals surface area contributed by atoms with E-state index in [0.717, 1.165) is 44.3 Å². The maximum Gasteiger partial charge on any atom is 0.335 e. The number of imidazole rings is 1. The molecule has 0 bridgehead atoms. The topological polar surface area (TPSA) is 79.6 Å². The number of carboxylic acid groups (broad SMARTS) is 1. The molecule has 1 aliphatic heterocycles. The highest BCUT2D eigenvalue weighted by atomic mass is 16.5. The first-order valence-electron chi connectivity index (χ1n) is 8.23. The number of anilines is 1. The predicted molar refractivity (Wildman–Crippen MR) is 92.6 cm³/mol. The number of aromatic nitrogens is 2. The van der Waals surface area contributed by atoms with Crippen LogP contribution in [-0.2, 0) is 11.8 Å². The number of nitrogens with one attached hydrogen (secondary N) is 1. The molecule has 0 saturated carbocycles. The summed E-state index contributed by atoms with van der Waals surface area (Å²) in [5, 5.41) is 12.5. The number of hydrogen-bond acceptors (Lipinski definition) is 5. The minimum atomic E-state index is -0.931. The van der Waals surface area contributed by atoms with Crippen molar-refractivity contribution in [2.75, 3.05) is 45.2 Å². The minimum absolute atomic E-state index is 0.261. The largest absolute Gasteiger partial charge is 0.478 e. The van der Waals surface area contributed by atoms with Crippen LogP contribution in [0.5, 0.6) is 0 Å². The SMILES string of the molecule is COCCN1CCC(CNc2nc3cc(C(=O)O)ccc3n2C)C1. The van der Waals surface area contributed by atoms with Gasteiger partial charge in [0, 0.05) is 33.8 Å². The van der Waals surface area contributed by atoms with Gasteiger partial charge in [0.05, 0.1) is 23.2 Å². The third kappa shape index (κ3) is 3.52. The summed E-state index contributed by atoms with van der Waals surface area (Å²) < 4.78 is 7.10. The van der Waals surface area contributed by atoms with Gasteiger partial charge in [-0.15, -0.1) is 0 Å². The summed E-state index contributed by atoms with van der Waals surface area (Å²) in [5.74, 6) is 0.443. The first-order valence-corrected chi connectivity index (χ1v) is 8.23. The van der Waals surface area contributed by atoms with Gasteiger partial charge in [-0.1, -0.05) is 0 Å². The number of hydrogen-bond donors (Lipinski definition) is 2. The van der Waals surface area contributed by atoms with Gasteiger partial charge in [-0.25, -0.2) is 9.78 Å². The average molecular weight is 332 g/mol. The zero-order chi connectivity index (χ0) is 17.1. The zero-order valence-electron chi connectivity index (χ0n) is 14.2. The van der Waals surface area contributed by atoms with E-state index in [4.69, 9.17) is 9.84 Å². The summed E-state index contributed by atoms with van der Waals surface area (Å²) in [5.41, 5.74) is 1.89. The Bertz CT molecular complexity index is 728. The molecule has 1 saturated heterocycles. The lowest BCUT2D eigenvalue weighted by atomic mass is 10.1. The Morgan fingerprint density at radius 1 is 1.50 bits per heavy atom. The standard InChI is InChI=1S/C17H24N4O3/c1-20-15-4-3-13(16(22)23)9-14(15)19-17(20)18-10-12-5-6-21(11-12)7-8-24-2/h3-4,9,12H,5-8,10-11H2,1-2H3,(H,18,19)(H,22,23). The molecule has 1 aromatic carbocycles. The lowest BCUT2D eigenvalue weighted by Gasteiger charge is -2.15. The Balaban J connectivity index is 1.63. The van der Waals surface area contributed by atoms with Gasteiger partial charge in [0.25, 0.3) is 0 Å². The number of carboxylic acids is 1. The fourth-order valence-corrected chi connectivity index (χ4v) is 3.23. The molecular weight excluding hydrogens is 308 g/mol. The molecule has 2 heterocycles. The fourth-order valence-electron chi connectivity index (χ4n) is 3.23. The van der Waals surface area contributed by atoms with Crippen LogP contribution in [0.25, 0.3) is 11.0 Å². The number of aromatic carboxylic acids is 1. The van der Waals surface area contributed by atoms with Crippen molar-refractivity contribution in [3.8, 4) is 0 Å². The van der Waals surface area contributed by atoms with Gasteiger partial charge in [0.2, 0.25) is 5.95 Å². The third-order valence-corrected chi connectivity index (χ3v) is 4.66. The molecule has 0 spiro atoms. The molecule has 7 nitrogen and oxygen atoms in total. The summed E-state index contributed by atoms with van der Waals surface area (Å²) in [6.45, 7) is 4.81. The van der Waals surface area contributed by atoms with Crippen molar-refractivity contribution in [3.63, 3.8) is 0 Å². The van der Waals surface area contributed by atoms with E-state index in [1.165, 1.54) is 6.42 Å². The summed E-state index contributed by atoms with van der Waals surface area (Å²) in [6.07, 6.45) is 1.17. The van der Waals surface area contributed by atoms with E-state index in [-0.39, 0.29) is 5.56 Å². The maximum atomic E-state index is 11.1. The number of nitrogens with zero attached hydrogens (tertiary/aromatic N) is 3. The lowest BCUT2D eigenvalue weighted by Crippen LogP contribution is -2.26. The average Bonchev–Trinajstić information content (AvgIpc) is 3.15. The zero-order valence-corrected chi connectivity index (χ0v) is 14.2. The van der Waals surface area contributed by atoms with E-state index in [0.29, 0.717) is 11.4 Å². The van der Waals surface area contributed by atoms with Gasteiger partial charge >= 0.3 is 5.97 Å². The van der Waals surface area contributed by atoms with Gasteiger partial charge in [0.15, 0.2) is 0 Å². The van der Waals surface area contributed by atoms with Crippen LogP contribution >= 0.6 is 0 Å². The Hall–Kier alpha value is -2.12.